The standard InChI is InChI=1S/C20H18ClFN2O2S/c1-11-3-5-15(25-2)19(22)17(11)18-12-7-20(9-23,16-8-27-10-24-16)26-14(12)6-4-13(18)21/h3-6,8,10H,7,9,23H2,1-2H3/t20-/m1/s1. The number of benzene rings is 2. The number of nitrogens with zero attached hydrogens (tertiary/aromatic N) is 1. The number of halogens is 2. The maximum Gasteiger partial charge on any atom is 0.173 e. The number of nitrogens with two attached hydrogens (primary N) is 1. The summed E-state index contributed by atoms with van der Waals surface area (Å²) in [6.45, 7) is 2.10. The molecule has 1 aliphatic heterocycles. The number of ether oxygens (including phenoxy) is 2. The van der Waals surface area contributed by atoms with Crippen molar-refractivity contribution < 1.29 is 13.9 Å². The Balaban J connectivity index is 1.93. The summed E-state index contributed by atoms with van der Waals surface area (Å²) < 4.78 is 26.6. The van der Waals surface area contributed by atoms with Gasteiger partial charge in [0.1, 0.15) is 5.75 Å². The van der Waals surface area contributed by atoms with Crippen LogP contribution in [-0.4, -0.2) is 18.6 Å². The van der Waals surface area contributed by atoms with Crippen LogP contribution in [0.4, 0.5) is 4.39 Å². The van der Waals surface area contributed by atoms with Gasteiger partial charge in [-0.1, -0.05) is 17.7 Å². The van der Waals surface area contributed by atoms with Gasteiger partial charge < -0.3 is 15.2 Å². The van der Waals surface area contributed by atoms with Gasteiger partial charge in [-0.25, -0.2) is 9.37 Å². The Morgan fingerprint density at radius 1 is 1.33 bits per heavy atom. The molecule has 4 rings (SSSR count). The molecule has 0 fully saturated rings. The van der Waals surface area contributed by atoms with Crippen molar-refractivity contribution >= 4 is 22.9 Å². The van der Waals surface area contributed by atoms with Crippen LogP contribution in [-0.2, 0) is 12.0 Å². The smallest absolute Gasteiger partial charge is 0.173 e. The normalized spacial score (nSPS) is 18.3. The van der Waals surface area contributed by atoms with Crippen LogP contribution in [0.2, 0.25) is 5.02 Å². The number of hydrogen-bond donors (Lipinski definition) is 1. The lowest BCUT2D eigenvalue weighted by atomic mass is 9.88. The fourth-order valence-electron chi connectivity index (χ4n) is 3.59. The quantitative estimate of drug-likeness (QED) is 0.684. The largest absolute Gasteiger partial charge is 0.494 e. The van der Waals surface area contributed by atoms with E-state index < -0.39 is 11.4 Å². The van der Waals surface area contributed by atoms with Gasteiger partial charge in [0.2, 0.25) is 0 Å². The summed E-state index contributed by atoms with van der Waals surface area (Å²) in [5, 5.41) is 2.39. The molecule has 4 nitrogen and oxygen atoms in total. The van der Waals surface area contributed by atoms with Crippen molar-refractivity contribution in [1.82, 2.24) is 4.98 Å². The highest BCUT2D eigenvalue weighted by molar-refractivity contribution is 7.07. The second-order valence-corrected chi connectivity index (χ2v) is 7.65. The van der Waals surface area contributed by atoms with Crippen LogP contribution in [0, 0.1) is 12.7 Å². The highest BCUT2D eigenvalue weighted by Gasteiger charge is 2.43. The molecule has 1 aliphatic rings. The SMILES string of the molecule is COc1ccc(C)c(-c2c(Cl)ccc3c2C[C@@](CN)(c2cscn2)O3)c1F. The molecule has 2 aromatic carbocycles. The molecule has 2 heterocycles. The zero-order valence-corrected chi connectivity index (χ0v) is 16.5. The highest BCUT2D eigenvalue weighted by Crippen LogP contribution is 2.49. The van der Waals surface area contributed by atoms with Gasteiger partial charge in [-0.2, -0.15) is 0 Å². The first-order valence-electron chi connectivity index (χ1n) is 8.43. The minimum atomic E-state index is -0.773. The Kier molecular flexibility index (Phi) is 4.58. The van der Waals surface area contributed by atoms with Crippen molar-refractivity contribution in [1.29, 1.82) is 0 Å². The summed E-state index contributed by atoms with van der Waals surface area (Å²) in [6.07, 6.45) is 0.467. The molecule has 0 saturated heterocycles. The van der Waals surface area contributed by atoms with Gasteiger partial charge in [-0.15, -0.1) is 11.3 Å². The molecule has 0 spiro atoms. The predicted molar refractivity (Wildman–Crippen MR) is 105 cm³/mol. The molecule has 0 bridgehead atoms. The molecule has 1 atom stereocenters. The van der Waals surface area contributed by atoms with E-state index in [0.717, 1.165) is 16.8 Å². The Morgan fingerprint density at radius 3 is 2.81 bits per heavy atom. The van der Waals surface area contributed by atoms with E-state index in [9.17, 15) is 0 Å². The Bertz CT molecular complexity index is 1010. The number of aromatic nitrogens is 1. The third-order valence-electron chi connectivity index (χ3n) is 5.00. The third-order valence-corrected chi connectivity index (χ3v) is 5.90. The van der Waals surface area contributed by atoms with Crippen molar-refractivity contribution in [3.8, 4) is 22.6 Å². The minimum absolute atomic E-state index is 0.174. The van der Waals surface area contributed by atoms with E-state index in [1.54, 1.807) is 23.7 Å². The van der Waals surface area contributed by atoms with Gasteiger partial charge in [0, 0.05) is 40.1 Å². The summed E-state index contributed by atoms with van der Waals surface area (Å²) in [4.78, 5) is 4.40. The van der Waals surface area contributed by atoms with Gasteiger partial charge >= 0.3 is 0 Å². The van der Waals surface area contributed by atoms with Crippen LogP contribution in [0.25, 0.3) is 11.1 Å². The summed E-state index contributed by atoms with van der Waals surface area (Å²) >= 11 is 8.02. The summed E-state index contributed by atoms with van der Waals surface area (Å²) in [6, 6.07) is 6.96. The zero-order valence-electron chi connectivity index (χ0n) is 14.9. The van der Waals surface area contributed by atoms with E-state index in [4.69, 9.17) is 26.8 Å². The van der Waals surface area contributed by atoms with Crippen LogP contribution in [0.5, 0.6) is 11.5 Å². The van der Waals surface area contributed by atoms with Crippen LogP contribution >= 0.6 is 22.9 Å². The molecule has 0 unspecified atom stereocenters. The predicted octanol–water partition coefficient (Wildman–Crippen LogP) is 4.71. The summed E-state index contributed by atoms with van der Waals surface area (Å²) in [7, 11) is 1.44. The maximum absolute atomic E-state index is 15.2. The average Bonchev–Trinajstić information content (AvgIpc) is 3.32. The Labute approximate surface area is 165 Å². The van der Waals surface area contributed by atoms with Crippen molar-refractivity contribution in [2.45, 2.75) is 18.9 Å². The molecule has 27 heavy (non-hydrogen) atoms. The molecular formula is C20H18ClFN2O2S. The summed E-state index contributed by atoms with van der Waals surface area (Å²) in [5.74, 6) is 0.383. The van der Waals surface area contributed by atoms with E-state index in [2.05, 4.69) is 4.98 Å². The topological polar surface area (TPSA) is 57.4 Å². The molecule has 1 aromatic heterocycles. The molecule has 140 valence electrons. The molecule has 0 radical (unpaired) electrons. The number of fused-ring (bicyclic) bond motifs is 1. The van der Waals surface area contributed by atoms with E-state index >= 15 is 4.39 Å². The van der Waals surface area contributed by atoms with Crippen LogP contribution in [0.15, 0.2) is 35.2 Å². The van der Waals surface area contributed by atoms with E-state index in [1.165, 1.54) is 18.4 Å². The number of aryl methyl sites for hydroxylation is 1. The zero-order chi connectivity index (χ0) is 19.2. The molecule has 0 amide bonds. The van der Waals surface area contributed by atoms with E-state index in [-0.39, 0.29) is 12.3 Å². The van der Waals surface area contributed by atoms with E-state index in [0.29, 0.717) is 28.3 Å². The van der Waals surface area contributed by atoms with Gasteiger partial charge in [0.05, 0.1) is 18.3 Å². The van der Waals surface area contributed by atoms with Gasteiger partial charge in [-0.05, 0) is 30.7 Å². The van der Waals surface area contributed by atoms with Crippen molar-refractivity contribution in [3.05, 3.63) is 62.8 Å². The average molecular weight is 405 g/mol. The first kappa shape index (κ1) is 18.2. The van der Waals surface area contributed by atoms with Crippen molar-refractivity contribution in [2.24, 2.45) is 5.73 Å². The molecule has 0 aliphatic carbocycles. The fraction of sp³-hybridized carbons (Fsp3) is 0.250. The second kappa shape index (κ2) is 6.78. The van der Waals surface area contributed by atoms with Crippen LogP contribution in [0.3, 0.4) is 0 Å². The lowest BCUT2D eigenvalue weighted by molar-refractivity contribution is 0.0986. The lowest BCUT2D eigenvalue weighted by Gasteiger charge is -2.25. The summed E-state index contributed by atoms with van der Waals surface area (Å²) in [5.41, 5.74) is 10.5. The Hall–Kier alpha value is -2.15. The molecular weight excluding hydrogens is 387 g/mol. The number of thiazole rings is 1. The van der Waals surface area contributed by atoms with Gasteiger partial charge in [0.25, 0.3) is 0 Å². The number of hydrogen-bond acceptors (Lipinski definition) is 5. The number of rotatable bonds is 4. The monoisotopic (exact) mass is 404 g/mol. The Morgan fingerprint density at radius 2 is 2.15 bits per heavy atom. The highest BCUT2D eigenvalue weighted by atomic mass is 35.5. The molecule has 3 aromatic rings. The molecule has 0 saturated carbocycles. The maximum atomic E-state index is 15.2. The molecule has 2 N–H and O–H groups in total. The van der Waals surface area contributed by atoms with E-state index in [1.807, 2.05) is 18.4 Å². The van der Waals surface area contributed by atoms with Gasteiger partial charge in [-0.3, -0.25) is 0 Å². The first-order valence-corrected chi connectivity index (χ1v) is 9.75. The van der Waals surface area contributed by atoms with Crippen molar-refractivity contribution in [3.63, 3.8) is 0 Å². The number of methoxy groups -OCH3 is 1. The van der Waals surface area contributed by atoms with Gasteiger partial charge in [0.15, 0.2) is 17.2 Å². The lowest BCUT2D eigenvalue weighted by Crippen LogP contribution is -2.39. The minimum Gasteiger partial charge on any atom is -0.494 e. The third kappa shape index (κ3) is 2.79. The van der Waals surface area contributed by atoms with Crippen molar-refractivity contribution in [2.75, 3.05) is 13.7 Å². The van der Waals surface area contributed by atoms with Crippen LogP contribution in [0.1, 0.15) is 16.8 Å². The fourth-order valence-corrected chi connectivity index (χ4v) is 4.50. The molecule has 7 heteroatoms. The first-order chi connectivity index (χ1) is 13.0. The van der Waals surface area contributed by atoms with Crippen LogP contribution < -0.4 is 15.2 Å². The second-order valence-electron chi connectivity index (χ2n) is 6.52.